The van der Waals surface area contributed by atoms with Gasteiger partial charge in [0.05, 0.1) is 4.91 Å². The summed E-state index contributed by atoms with van der Waals surface area (Å²) in [5, 5.41) is 0. The van der Waals surface area contributed by atoms with Crippen molar-refractivity contribution in [3.8, 4) is 0 Å². The van der Waals surface area contributed by atoms with Crippen molar-refractivity contribution in [2.24, 2.45) is 0 Å². The summed E-state index contributed by atoms with van der Waals surface area (Å²) in [7, 11) is -4.08. The van der Waals surface area contributed by atoms with E-state index in [0.29, 0.717) is 0 Å². The SMILES string of the molecule is C\C=C/C(=C\C=C\C)S(=O)(=O)O. The second-order valence-corrected chi connectivity index (χ2v) is 3.49. The monoisotopic (exact) mass is 188 g/mol. The van der Waals surface area contributed by atoms with E-state index in [1.165, 1.54) is 12.2 Å². The first kappa shape index (κ1) is 11.1. The van der Waals surface area contributed by atoms with Crippen molar-refractivity contribution >= 4 is 10.1 Å². The van der Waals surface area contributed by atoms with Crippen LogP contribution in [-0.2, 0) is 10.1 Å². The topological polar surface area (TPSA) is 54.4 Å². The molecule has 4 heteroatoms. The highest BCUT2D eigenvalue weighted by Gasteiger charge is 2.07. The zero-order valence-corrected chi connectivity index (χ0v) is 7.88. The summed E-state index contributed by atoms with van der Waals surface area (Å²) in [6.07, 6.45) is 7.42. The van der Waals surface area contributed by atoms with Crippen LogP contribution in [0.2, 0.25) is 0 Å². The summed E-state index contributed by atoms with van der Waals surface area (Å²) in [6.45, 7) is 3.43. The zero-order chi connectivity index (χ0) is 9.61. The van der Waals surface area contributed by atoms with Gasteiger partial charge in [-0.15, -0.1) is 0 Å². The second kappa shape index (κ2) is 4.90. The van der Waals surface area contributed by atoms with E-state index in [0.717, 1.165) is 0 Å². The molecular weight excluding hydrogens is 176 g/mol. The molecule has 68 valence electrons. The molecule has 0 atom stereocenters. The largest absolute Gasteiger partial charge is 0.294 e. The molecule has 0 radical (unpaired) electrons. The van der Waals surface area contributed by atoms with Gasteiger partial charge < -0.3 is 0 Å². The van der Waals surface area contributed by atoms with Gasteiger partial charge in [-0.2, -0.15) is 8.42 Å². The molecule has 0 aliphatic rings. The lowest BCUT2D eigenvalue weighted by atomic mass is 10.4. The van der Waals surface area contributed by atoms with Crippen molar-refractivity contribution in [3.05, 3.63) is 35.3 Å². The van der Waals surface area contributed by atoms with Crippen LogP contribution in [0.1, 0.15) is 13.8 Å². The van der Waals surface area contributed by atoms with Crippen LogP contribution < -0.4 is 0 Å². The Kier molecular flexibility index (Phi) is 4.54. The highest BCUT2D eigenvalue weighted by Crippen LogP contribution is 2.05. The summed E-state index contributed by atoms with van der Waals surface area (Å²) in [4.78, 5) is -0.108. The van der Waals surface area contributed by atoms with E-state index in [4.69, 9.17) is 4.55 Å². The van der Waals surface area contributed by atoms with Gasteiger partial charge in [0.15, 0.2) is 0 Å². The van der Waals surface area contributed by atoms with Crippen molar-refractivity contribution in [3.63, 3.8) is 0 Å². The highest BCUT2D eigenvalue weighted by atomic mass is 32.2. The minimum atomic E-state index is -4.08. The lowest BCUT2D eigenvalue weighted by Gasteiger charge is -1.93. The maximum Gasteiger partial charge on any atom is 0.294 e. The maximum absolute atomic E-state index is 10.6. The third-order valence-corrected chi connectivity index (χ3v) is 1.95. The Bertz CT molecular complexity index is 307. The first-order valence-electron chi connectivity index (χ1n) is 3.45. The van der Waals surface area contributed by atoms with Crippen molar-refractivity contribution in [1.29, 1.82) is 0 Å². The number of hydrogen-bond donors (Lipinski definition) is 1. The van der Waals surface area contributed by atoms with Crippen LogP contribution >= 0.6 is 0 Å². The van der Waals surface area contributed by atoms with Gasteiger partial charge in [-0.05, 0) is 26.0 Å². The first-order valence-corrected chi connectivity index (χ1v) is 4.89. The number of allylic oxidation sites excluding steroid dienone is 5. The van der Waals surface area contributed by atoms with Gasteiger partial charge in [0, 0.05) is 0 Å². The average Bonchev–Trinajstić information content (AvgIpc) is 1.95. The van der Waals surface area contributed by atoms with Crippen molar-refractivity contribution in [2.75, 3.05) is 0 Å². The van der Waals surface area contributed by atoms with Gasteiger partial charge in [0.2, 0.25) is 0 Å². The highest BCUT2D eigenvalue weighted by molar-refractivity contribution is 7.90. The van der Waals surface area contributed by atoms with Crippen molar-refractivity contribution in [2.45, 2.75) is 13.8 Å². The Labute approximate surface area is 72.9 Å². The molecule has 0 spiro atoms. The fourth-order valence-corrected chi connectivity index (χ4v) is 1.14. The van der Waals surface area contributed by atoms with E-state index in [2.05, 4.69) is 0 Å². The van der Waals surface area contributed by atoms with Crippen LogP contribution in [0, 0.1) is 0 Å². The predicted molar refractivity (Wildman–Crippen MR) is 49.3 cm³/mol. The minimum Gasteiger partial charge on any atom is -0.282 e. The fraction of sp³-hybridized carbons (Fsp3) is 0.250. The standard InChI is InChI=1S/C8H12O3S/c1-3-5-7-8(6-4-2)12(9,10)11/h3-7H,1-2H3,(H,9,10,11)/b5-3+,6-4-,8-7+. The van der Waals surface area contributed by atoms with Gasteiger partial charge in [0.1, 0.15) is 0 Å². The maximum atomic E-state index is 10.6. The van der Waals surface area contributed by atoms with E-state index in [-0.39, 0.29) is 4.91 Å². The molecule has 0 amide bonds. The lowest BCUT2D eigenvalue weighted by Crippen LogP contribution is -1.98. The molecule has 1 N–H and O–H groups in total. The lowest BCUT2D eigenvalue weighted by molar-refractivity contribution is 0.492. The summed E-state index contributed by atoms with van der Waals surface area (Å²) in [5.41, 5.74) is 0. The molecule has 0 saturated heterocycles. The molecular formula is C8H12O3S. The van der Waals surface area contributed by atoms with Crippen LogP contribution in [0.25, 0.3) is 0 Å². The minimum absolute atomic E-state index is 0.108. The van der Waals surface area contributed by atoms with Gasteiger partial charge >= 0.3 is 0 Å². The molecule has 0 fully saturated rings. The van der Waals surface area contributed by atoms with E-state index >= 15 is 0 Å². The Morgan fingerprint density at radius 2 is 1.83 bits per heavy atom. The summed E-state index contributed by atoms with van der Waals surface area (Å²) < 4.78 is 29.9. The third kappa shape index (κ3) is 4.10. The molecule has 0 aliphatic carbocycles. The van der Waals surface area contributed by atoms with Crippen LogP contribution in [0.15, 0.2) is 35.3 Å². The van der Waals surface area contributed by atoms with Gasteiger partial charge in [0.25, 0.3) is 10.1 Å². The average molecular weight is 188 g/mol. The quantitative estimate of drug-likeness (QED) is 0.543. The van der Waals surface area contributed by atoms with E-state index in [1.807, 2.05) is 0 Å². The molecule has 0 unspecified atom stereocenters. The first-order chi connectivity index (χ1) is 5.52. The molecule has 12 heavy (non-hydrogen) atoms. The van der Waals surface area contributed by atoms with Crippen molar-refractivity contribution in [1.82, 2.24) is 0 Å². The Hall–Kier alpha value is -0.870. The summed E-state index contributed by atoms with van der Waals surface area (Å²) in [6, 6.07) is 0. The van der Waals surface area contributed by atoms with Gasteiger partial charge in [-0.25, -0.2) is 0 Å². The molecule has 0 aromatic heterocycles. The summed E-state index contributed by atoms with van der Waals surface area (Å²) in [5.74, 6) is 0. The molecule has 0 aliphatic heterocycles. The van der Waals surface area contributed by atoms with E-state index in [1.54, 1.807) is 32.1 Å². The normalized spacial score (nSPS) is 14.8. The molecule has 0 saturated carbocycles. The molecule has 0 heterocycles. The van der Waals surface area contributed by atoms with Crippen LogP contribution in [0.3, 0.4) is 0 Å². The Morgan fingerprint density at radius 3 is 2.17 bits per heavy atom. The molecule has 0 bridgehead atoms. The number of hydrogen-bond acceptors (Lipinski definition) is 2. The van der Waals surface area contributed by atoms with Crippen LogP contribution in [0.5, 0.6) is 0 Å². The fourth-order valence-electron chi connectivity index (χ4n) is 0.583. The Balaban J connectivity index is 4.93. The summed E-state index contributed by atoms with van der Waals surface area (Å²) >= 11 is 0. The van der Waals surface area contributed by atoms with E-state index in [9.17, 15) is 8.42 Å². The van der Waals surface area contributed by atoms with Gasteiger partial charge in [-0.3, -0.25) is 4.55 Å². The molecule has 0 aromatic carbocycles. The predicted octanol–water partition coefficient (Wildman–Crippen LogP) is 1.91. The third-order valence-electron chi connectivity index (χ3n) is 1.08. The van der Waals surface area contributed by atoms with Gasteiger partial charge in [-0.1, -0.05) is 18.2 Å². The van der Waals surface area contributed by atoms with Crippen molar-refractivity contribution < 1.29 is 13.0 Å². The van der Waals surface area contributed by atoms with E-state index < -0.39 is 10.1 Å². The Morgan fingerprint density at radius 1 is 1.25 bits per heavy atom. The molecule has 0 rings (SSSR count). The molecule has 3 nitrogen and oxygen atoms in total. The molecule has 0 aromatic rings. The van der Waals surface area contributed by atoms with Crippen LogP contribution in [0.4, 0.5) is 0 Å². The zero-order valence-electron chi connectivity index (χ0n) is 7.06. The second-order valence-electron chi connectivity index (χ2n) is 2.07. The van der Waals surface area contributed by atoms with Crippen LogP contribution in [-0.4, -0.2) is 13.0 Å². The smallest absolute Gasteiger partial charge is 0.282 e. The number of rotatable bonds is 3.